The number of hydrogen-bond acceptors (Lipinski definition) is 2. The Morgan fingerprint density at radius 1 is 1.29 bits per heavy atom. The van der Waals surface area contributed by atoms with Gasteiger partial charge in [0.15, 0.2) is 0 Å². The summed E-state index contributed by atoms with van der Waals surface area (Å²) in [5, 5.41) is 0. The van der Waals surface area contributed by atoms with Gasteiger partial charge >= 0.3 is 0 Å². The second-order valence-corrected chi connectivity index (χ2v) is 4.89. The molecule has 0 aromatic heterocycles. The fraction of sp³-hybridized carbons (Fsp3) is 0.400. The van der Waals surface area contributed by atoms with Gasteiger partial charge in [-0.05, 0) is 23.1 Å². The second kappa shape index (κ2) is 3.55. The summed E-state index contributed by atoms with van der Waals surface area (Å²) in [5.41, 5.74) is -5.27. The van der Waals surface area contributed by atoms with Crippen molar-refractivity contribution in [3.8, 4) is 0 Å². The van der Waals surface area contributed by atoms with E-state index >= 15 is 0 Å². The van der Waals surface area contributed by atoms with Crippen LogP contribution >= 0.6 is 10.7 Å². The second-order valence-electron chi connectivity index (χ2n) is 2.39. The highest BCUT2D eigenvalue weighted by molar-refractivity contribution is 8.13. The minimum atomic E-state index is -4.84. The van der Waals surface area contributed by atoms with Crippen molar-refractivity contribution in [2.45, 2.75) is 30.9 Å². The molecule has 0 aliphatic rings. The molecule has 1 rings (SSSR count). The highest BCUT2D eigenvalue weighted by Gasteiger charge is 2.15. The molecule has 14 heavy (non-hydrogen) atoms. The average molecular weight is 246 g/mol. The number of halogens is 1. The molecular formula is C10H13ClO2S. The summed E-state index contributed by atoms with van der Waals surface area (Å²) in [7, 11) is 0.239. The zero-order valence-electron chi connectivity index (χ0n) is 19.6. The molecule has 0 amide bonds. The lowest BCUT2D eigenvalue weighted by molar-refractivity contribution is 0.588. The Labute approximate surface area is 108 Å². The summed E-state index contributed by atoms with van der Waals surface area (Å²) in [6.45, 7) is -11.5. The van der Waals surface area contributed by atoms with Crippen molar-refractivity contribution in [2.24, 2.45) is 0 Å². The third kappa shape index (κ3) is 2.72. The molecule has 78 valence electrons. The fourth-order valence-electron chi connectivity index (χ4n) is 0.610. The van der Waals surface area contributed by atoms with Crippen LogP contribution in [0.1, 0.15) is 43.9 Å². The number of benzene rings is 1. The van der Waals surface area contributed by atoms with E-state index < -0.39 is 69.7 Å². The maximum absolute atomic E-state index is 11.6. The van der Waals surface area contributed by atoms with Gasteiger partial charge in [0.25, 0.3) is 9.05 Å². The van der Waals surface area contributed by atoms with E-state index in [9.17, 15) is 8.42 Å². The van der Waals surface area contributed by atoms with Gasteiger partial charge in [-0.25, -0.2) is 8.42 Å². The van der Waals surface area contributed by atoms with Crippen molar-refractivity contribution in [1.82, 2.24) is 0 Å². The Morgan fingerprint density at radius 2 is 1.79 bits per heavy atom. The Kier molecular flexibility index (Phi) is 0.758. The molecule has 0 bridgehead atoms. The molecule has 0 heterocycles. The molecule has 0 fully saturated rings. The zero-order valence-corrected chi connectivity index (χ0v) is 8.18. The highest BCUT2D eigenvalue weighted by Crippen LogP contribution is 2.24. The van der Waals surface area contributed by atoms with Crippen molar-refractivity contribution < 1.29 is 26.2 Å². The number of hydrogen-bond donors (Lipinski definition) is 0. The summed E-state index contributed by atoms with van der Waals surface area (Å²) >= 11 is 0. The average Bonchev–Trinajstić information content (AvgIpc) is 2.35. The van der Waals surface area contributed by atoms with Crippen LogP contribution in [0, 0.1) is 0 Å². The van der Waals surface area contributed by atoms with Gasteiger partial charge in [0, 0.05) is 23.0 Å². The molecule has 0 radical (unpaired) electrons. The molecule has 0 aliphatic heterocycles. The van der Waals surface area contributed by atoms with Crippen LogP contribution < -0.4 is 0 Å². The van der Waals surface area contributed by atoms with E-state index in [1.807, 2.05) is 0 Å². The largest absolute Gasteiger partial charge is 0.261 e. The first-order chi connectivity index (χ1) is 11.6. The van der Waals surface area contributed by atoms with E-state index in [0.717, 1.165) is 0 Å². The molecule has 0 atom stereocenters. The summed E-state index contributed by atoms with van der Waals surface area (Å²) in [6.07, 6.45) is 0. The summed E-state index contributed by atoms with van der Waals surface area (Å²) in [5.74, 6) is 0. The molecule has 0 spiro atoms. The van der Waals surface area contributed by atoms with Crippen molar-refractivity contribution in [2.75, 3.05) is 0 Å². The quantitative estimate of drug-likeness (QED) is 0.713. The van der Waals surface area contributed by atoms with Crippen molar-refractivity contribution in [3.05, 3.63) is 29.7 Å². The highest BCUT2D eigenvalue weighted by atomic mass is 35.7. The van der Waals surface area contributed by atoms with E-state index in [1.165, 1.54) is 0 Å². The molecule has 0 unspecified atom stereocenters. The lowest BCUT2D eigenvalue weighted by Crippen LogP contribution is -2.10. The lowest BCUT2D eigenvalue weighted by atomic mass is 9.87. The van der Waals surface area contributed by atoms with Gasteiger partial charge in [-0.3, -0.25) is 0 Å². The van der Waals surface area contributed by atoms with Crippen LogP contribution in [-0.4, -0.2) is 8.42 Å². The van der Waals surface area contributed by atoms with Gasteiger partial charge in [0.1, 0.15) is 0 Å². The Balaban J connectivity index is 4.41. The first kappa shape index (κ1) is 2.98. The molecular weight excluding hydrogens is 220 g/mol. The molecule has 2 nitrogen and oxygen atoms in total. The third-order valence-electron chi connectivity index (χ3n) is 1.22. The van der Waals surface area contributed by atoms with E-state index in [0.29, 0.717) is 0 Å². The maximum Gasteiger partial charge on any atom is 0.261 e. The topological polar surface area (TPSA) is 34.1 Å². The van der Waals surface area contributed by atoms with E-state index in [1.54, 1.807) is 0 Å². The Morgan fingerprint density at radius 3 is 2.14 bits per heavy atom. The van der Waals surface area contributed by atoms with Crippen LogP contribution in [0.3, 0.4) is 0 Å². The van der Waals surface area contributed by atoms with Gasteiger partial charge in [0.05, 0.1) is 10.4 Å². The summed E-state index contributed by atoms with van der Waals surface area (Å²) in [6, 6.07) is -5.61. The minimum absolute atomic E-state index is 1.32. The molecule has 0 saturated heterocycles. The SMILES string of the molecule is [2H]c1c([2H])c(S(=O)(=O)Cl)c([2H])c([2H])c1C(C([2H])([2H])[2H])(C([2H])([2H])[2H])C([2H])([2H])[2H]. The predicted octanol–water partition coefficient (Wildman–Crippen LogP) is 2.91. The van der Waals surface area contributed by atoms with Gasteiger partial charge < -0.3 is 0 Å². The van der Waals surface area contributed by atoms with Crippen molar-refractivity contribution in [3.63, 3.8) is 0 Å². The molecule has 0 aliphatic carbocycles. The Hall–Kier alpha value is -0.540. The van der Waals surface area contributed by atoms with Crippen molar-refractivity contribution >= 4 is 19.7 Å². The Bertz CT molecular complexity index is 800. The number of rotatable bonds is 1. The molecule has 1 aromatic rings. The van der Waals surface area contributed by atoms with Gasteiger partial charge in [-0.15, -0.1) is 0 Å². The summed E-state index contributed by atoms with van der Waals surface area (Å²) < 4.78 is 123. The van der Waals surface area contributed by atoms with Gasteiger partial charge in [-0.2, -0.15) is 0 Å². The van der Waals surface area contributed by atoms with E-state index in [2.05, 4.69) is 0 Å². The van der Waals surface area contributed by atoms with E-state index in [-0.39, 0.29) is 0 Å². The molecule has 1 aromatic carbocycles. The van der Waals surface area contributed by atoms with Crippen LogP contribution in [0.4, 0.5) is 0 Å². The lowest BCUT2D eigenvalue weighted by Gasteiger charge is -2.18. The van der Waals surface area contributed by atoms with Gasteiger partial charge in [0.2, 0.25) is 0 Å². The first-order valence-corrected chi connectivity index (χ1v) is 5.50. The zero-order chi connectivity index (χ0) is 22.0. The smallest absolute Gasteiger partial charge is 0.207 e. The molecule has 0 saturated carbocycles. The monoisotopic (exact) mass is 245 g/mol. The maximum atomic E-state index is 11.6. The van der Waals surface area contributed by atoms with Crippen LogP contribution in [0.5, 0.6) is 0 Å². The van der Waals surface area contributed by atoms with Crippen LogP contribution in [0.25, 0.3) is 0 Å². The van der Waals surface area contributed by atoms with Crippen LogP contribution in [0.2, 0.25) is 0 Å². The van der Waals surface area contributed by atoms with Crippen molar-refractivity contribution in [1.29, 1.82) is 0 Å². The first-order valence-electron chi connectivity index (χ1n) is 9.69. The summed E-state index contributed by atoms with van der Waals surface area (Å²) in [4.78, 5) is -1.32. The van der Waals surface area contributed by atoms with Crippen LogP contribution in [-0.2, 0) is 14.5 Å². The minimum Gasteiger partial charge on any atom is -0.207 e. The third-order valence-corrected chi connectivity index (χ3v) is 2.38. The van der Waals surface area contributed by atoms with E-state index in [4.69, 9.17) is 28.5 Å². The predicted molar refractivity (Wildman–Crippen MR) is 58.2 cm³/mol. The molecule has 0 N–H and O–H groups in total. The standard InChI is InChI=1S/C10H13ClO2S/c1-10(2,3)8-4-6-9(7-5-8)14(11,12)13/h4-7H,1-3H3/i1D3,2D3,3D3,4D,5D,6D,7D. The normalized spacial score (nSPS) is 29.1. The van der Waals surface area contributed by atoms with Gasteiger partial charge in [-0.1, -0.05) is 32.6 Å². The van der Waals surface area contributed by atoms with Crippen LogP contribution in [0.15, 0.2) is 29.1 Å². The molecule has 4 heteroatoms. The fourth-order valence-corrected chi connectivity index (χ4v) is 1.19.